The predicted octanol–water partition coefficient (Wildman–Crippen LogP) is 2.58. The lowest BCUT2D eigenvalue weighted by Crippen LogP contribution is -2.14. The van der Waals surface area contributed by atoms with Gasteiger partial charge in [-0.15, -0.1) is 0 Å². The highest BCUT2D eigenvalue weighted by Crippen LogP contribution is 2.31. The second kappa shape index (κ2) is 4.69. The first-order valence-electron chi connectivity index (χ1n) is 5.13. The summed E-state index contributed by atoms with van der Waals surface area (Å²) < 4.78 is 43.6. The number of nitrogens with zero attached hydrogens (tertiary/aromatic N) is 3. The van der Waals surface area contributed by atoms with E-state index in [2.05, 4.69) is 10.1 Å². The zero-order valence-corrected chi connectivity index (χ0v) is 10.3. The Hall–Kier alpha value is -1.83. The minimum absolute atomic E-state index is 0.0862. The number of aromatic nitrogens is 3. The molecule has 0 bridgehead atoms. The lowest BCUT2D eigenvalue weighted by molar-refractivity contribution is -0.142. The topological polar surface area (TPSA) is 56.5 Å². The average molecular weight is 294 g/mol. The van der Waals surface area contributed by atoms with Gasteiger partial charge in [-0.3, -0.25) is 0 Å². The largest absolute Gasteiger partial charge is 0.462 e. The van der Waals surface area contributed by atoms with Crippen molar-refractivity contribution in [3.8, 4) is 0 Å². The van der Waals surface area contributed by atoms with E-state index in [1.807, 2.05) is 0 Å². The minimum atomic E-state index is -4.66. The van der Waals surface area contributed by atoms with E-state index in [9.17, 15) is 18.0 Å². The molecule has 0 aliphatic heterocycles. The average Bonchev–Trinajstić information content (AvgIpc) is 2.70. The number of rotatable bonds is 2. The first-order chi connectivity index (χ1) is 8.84. The van der Waals surface area contributed by atoms with Gasteiger partial charge in [-0.2, -0.15) is 18.3 Å². The van der Waals surface area contributed by atoms with Crippen LogP contribution in [0.1, 0.15) is 23.0 Å². The van der Waals surface area contributed by atoms with Crippen molar-refractivity contribution < 1.29 is 22.7 Å². The van der Waals surface area contributed by atoms with Crippen molar-refractivity contribution in [3.05, 3.63) is 28.7 Å². The van der Waals surface area contributed by atoms with Crippen molar-refractivity contribution >= 4 is 23.2 Å². The number of esters is 1. The van der Waals surface area contributed by atoms with Crippen LogP contribution >= 0.6 is 11.6 Å². The van der Waals surface area contributed by atoms with Gasteiger partial charge in [-0.25, -0.2) is 14.3 Å². The number of hydrogen-bond acceptors (Lipinski definition) is 4. The Morgan fingerprint density at radius 1 is 1.53 bits per heavy atom. The number of hydrogen-bond donors (Lipinski definition) is 0. The van der Waals surface area contributed by atoms with E-state index >= 15 is 0 Å². The van der Waals surface area contributed by atoms with E-state index < -0.39 is 17.8 Å². The molecule has 2 heterocycles. The van der Waals surface area contributed by atoms with Gasteiger partial charge in [0.15, 0.2) is 11.3 Å². The van der Waals surface area contributed by atoms with Crippen LogP contribution in [0.5, 0.6) is 0 Å². The summed E-state index contributed by atoms with van der Waals surface area (Å²) in [7, 11) is 0. The van der Waals surface area contributed by atoms with Crippen LogP contribution in [0.4, 0.5) is 13.2 Å². The quantitative estimate of drug-likeness (QED) is 0.631. The first-order valence-corrected chi connectivity index (χ1v) is 5.51. The van der Waals surface area contributed by atoms with E-state index in [1.54, 1.807) is 6.92 Å². The van der Waals surface area contributed by atoms with Crippen molar-refractivity contribution in [3.63, 3.8) is 0 Å². The molecule has 0 aromatic carbocycles. The molecule has 102 valence electrons. The highest BCUT2D eigenvalue weighted by atomic mass is 35.5. The van der Waals surface area contributed by atoms with Crippen molar-refractivity contribution in [1.82, 2.24) is 14.6 Å². The Balaban J connectivity index is 2.67. The Labute approximate surface area is 109 Å². The molecule has 0 spiro atoms. The van der Waals surface area contributed by atoms with Crippen LogP contribution in [-0.4, -0.2) is 27.2 Å². The zero-order valence-electron chi connectivity index (χ0n) is 9.53. The SMILES string of the molecule is CCOC(=O)c1cnn2c(C(F)(F)F)cc(Cl)nc12. The molecule has 0 N–H and O–H groups in total. The highest BCUT2D eigenvalue weighted by molar-refractivity contribution is 6.29. The number of carbonyl (C=O) groups excluding carboxylic acids is 1. The van der Waals surface area contributed by atoms with Crippen molar-refractivity contribution in [2.45, 2.75) is 13.1 Å². The van der Waals surface area contributed by atoms with Gasteiger partial charge in [-0.05, 0) is 6.92 Å². The molecule has 0 fully saturated rings. The summed E-state index contributed by atoms with van der Waals surface area (Å²) in [6, 6.07) is 0.635. The summed E-state index contributed by atoms with van der Waals surface area (Å²) in [4.78, 5) is 15.2. The molecule has 2 rings (SSSR count). The maximum absolute atomic E-state index is 12.8. The van der Waals surface area contributed by atoms with E-state index in [4.69, 9.17) is 16.3 Å². The monoisotopic (exact) mass is 293 g/mol. The summed E-state index contributed by atoms with van der Waals surface area (Å²) >= 11 is 5.54. The van der Waals surface area contributed by atoms with E-state index in [0.717, 1.165) is 6.20 Å². The zero-order chi connectivity index (χ0) is 14.2. The molecule has 0 atom stereocenters. The summed E-state index contributed by atoms with van der Waals surface area (Å²) in [5, 5.41) is 3.12. The number of carbonyl (C=O) groups is 1. The molecule has 0 aliphatic rings. The van der Waals surface area contributed by atoms with E-state index in [1.165, 1.54) is 0 Å². The van der Waals surface area contributed by atoms with Gasteiger partial charge in [-0.1, -0.05) is 11.6 Å². The molecular formula is C10H7ClF3N3O2. The second-order valence-corrected chi connectivity index (χ2v) is 3.86. The molecule has 0 saturated carbocycles. The van der Waals surface area contributed by atoms with Crippen LogP contribution in [0, 0.1) is 0 Å². The van der Waals surface area contributed by atoms with Gasteiger partial charge < -0.3 is 4.74 Å². The molecule has 0 saturated heterocycles. The minimum Gasteiger partial charge on any atom is -0.462 e. The summed E-state index contributed by atoms with van der Waals surface area (Å²) in [6.45, 7) is 1.66. The smallest absolute Gasteiger partial charge is 0.433 e. The predicted molar refractivity (Wildman–Crippen MR) is 59.0 cm³/mol. The van der Waals surface area contributed by atoms with Crippen LogP contribution in [0.25, 0.3) is 5.65 Å². The Kier molecular flexibility index (Phi) is 3.36. The number of halogens is 4. The fraction of sp³-hybridized carbons (Fsp3) is 0.300. The van der Waals surface area contributed by atoms with Crippen LogP contribution in [0.3, 0.4) is 0 Å². The molecule has 0 amide bonds. The van der Waals surface area contributed by atoms with Crippen LogP contribution in [0.2, 0.25) is 5.15 Å². The molecule has 19 heavy (non-hydrogen) atoms. The van der Waals surface area contributed by atoms with Crippen molar-refractivity contribution in [2.24, 2.45) is 0 Å². The molecule has 2 aromatic rings. The molecule has 5 nitrogen and oxygen atoms in total. The number of fused-ring (bicyclic) bond motifs is 1. The van der Waals surface area contributed by atoms with E-state index in [-0.39, 0.29) is 23.0 Å². The molecule has 9 heteroatoms. The summed E-state index contributed by atoms with van der Waals surface area (Å²) in [6.07, 6.45) is -3.70. The fourth-order valence-electron chi connectivity index (χ4n) is 1.49. The van der Waals surface area contributed by atoms with Crippen LogP contribution in [0.15, 0.2) is 12.3 Å². The lowest BCUT2D eigenvalue weighted by Gasteiger charge is -2.09. The van der Waals surface area contributed by atoms with Gasteiger partial charge in [0.1, 0.15) is 10.7 Å². The first kappa shape index (κ1) is 13.6. The van der Waals surface area contributed by atoms with E-state index in [0.29, 0.717) is 10.6 Å². The Bertz CT molecular complexity index is 639. The molecule has 0 unspecified atom stereocenters. The normalized spacial score (nSPS) is 11.8. The van der Waals surface area contributed by atoms with Gasteiger partial charge in [0.05, 0.1) is 12.8 Å². The molecular weight excluding hydrogens is 287 g/mol. The third-order valence-corrected chi connectivity index (χ3v) is 2.42. The van der Waals surface area contributed by atoms with Crippen LogP contribution in [-0.2, 0) is 10.9 Å². The maximum Gasteiger partial charge on any atom is 0.433 e. The number of ether oxygens (including phenoxy) is 1. The third kappa shape index (κ3) is 2.48. The fourth-order valence-corrected chi connectivity index (χ4v) is 1.67. The van der Waals surface area contributed by atoms with Crippen molar-refractivity contribution in [1.29, 1.82) is 0 Å². The van der Waals surface area contributed by atoms with Gasteiger partial charge in [0, 0.05) is 6.07 Å². The molecule has 2 aromatic heterocycles. The van der Waals surface area contributed by atoms with Crippen molar-refractivity contribution in [2.75, 3.05) is 6.61 Å². The van der Waals surface area contributed by atoms with Gasteiger partial charge in [0.2, 0.25) is 0 Å². The molecule has 0 aliphatic carbocycles. The third-order valence-electron chi connectivity index (χ3n) is 2.23. The standard InChI is InChI=1S/C10H7ClF3N3O2/c1-2-19-9(18)5-4-15-17-6(10(12,13)14)3-7(11)16-8(5)17/h3-4H,2H2,1H3. The van der Waals surface area contributed by atoms with Gasteiger partial charge >= 0.3 is 12.1 Å². The maximum atomic E-state index is 12.8. The lowest BCUT2D eigenvalue weighted by atomic mass is 10.3. The number of alkyl halides is 3. The van der Waals surface area contributed by atoms with Gasteiger partial charge in [0.25, 0.3) is 0 Å². The summed E-state index contributed by atoms with van der Waals surface area (Å²) in [5.74, 6) is -0.805. The Morgan fingerprint density at radius 3 is 2.79 bits per heavy atom. The molecule has 0 radical (unpaired) electrons. The highest BCUT2D eigenvalue weighted by Gasteiger charge is 2.35. The van der Waals surface area contributed by atoms with Crippen LogP contribution < -0.4 is 0 Å². The second-order valence-electron chi connectivity index (χ2n) is 3.48. The Morgan fingerprint density at radius 2 is 2.21 bits per heavy atom. The summed E-state index contributed by atoms with van der Waals surface area (Å²) in [5.41, 5.74) is -1.58.